The second-order valence-corrected chi connectivity index (χ2v) is 10.2. The van der Waals surface area contributed by atoms with E-state index in [0.717, 1.165) is 9.87 Å². The molecule has 39 heavy (non-hydrogen) atoms. The van der Waals surface area contributed by atoms with E-state index in [1.165, 1.54) is 45.7 Å². The first-order valence-corrected chi connectivity index (χ1v) is 13.6. The minimum atomic E-state index is -4.07. The fourth-order valence-electron chi connectivity index (χ4n) is 3.72. The molecule has 208 valence electrons. The van der Waals surface area contributed by atoms with Gasteiger partial charge in [-0.15, -0.1) is 0 Å². The maximum atomic E-state index is 13.6. The minimum absolute atomic E-state index is 0.0222. The molecule has 0 radical (unpaired) electrons. The van der Waals surface area contributed by atoms with Crippen molar-refractivity contribution in [3.8, 4) is 23.0 Å². The zero-order valence-corrected chi connectivity index (χ0v) is 23.2. The van der Waals surface area contributed by atoms with Crippen LogP contribution in [0.2, 0.25) is 0 Å². The van der Waals surface area contributed by atoms with E-state index in [1.54, 1.807) is 18.2 Å². The molecule has 0 bridgehead atoms. The van der Waals surface area contributed by atoms with Crippen LogP contribution in [0.3, 0.4) is 0 Å². The number of hydrazone groups is 1. The molecule has 0 aliphatic heterocycles. The summed E-state index contributed by atoms with van der Waals surface area (Å²) in [5, 5.41) is 3.99. The highest BCUT2D eigenvalue weighted by molar-refractivity contribution is 7.89. The number of sulfonamides is 1. The molecular formula is C28H33N3O7S. The Balaban J connectivity index is 1.78. The number of carbonyl (C=O) groups is 1. The largest absolute Gasteiger partial charge is 0.493 e. The molecule has 0 unspecified atom stereocenters. The molecule has 10 nitrogen and oxygen atoms in total. The highest BCUT2D eigenvalue weighted by Gasteiger charge is 2.27. The maximum Gasteiger partial charge on any atom is 0.255 e. The summed E-state index contributed by atoms with van der Waals surface area (Å²) in [5.74, 6) is 1.18. The molecule has 0 heterocycles. The number of hydrogen-bond donors (Lipinski definition) is 1. The molecular weight excluding hydrogens is 522 g/mol. The second-order valence-electron chi connectivity index (χ2n) is 8.23. The average molecular weight is 556 g/mol. The number of carbonyl (C=O) groups excluding carboxylic acids is 1. The third-order valence-electron chi connectivity index (χ3n) is 5.70. The van der Waals surface area contributed by atoms with Crippen LogP contribution in [-0.2, 0) is 21.2 Å². The van der Waals surface area contributed by atoms with Crippen molar-refractivity contribution in [1.82, 2.24) is 9.73 Å². The van der Waals surface area contributed by atoms with Crippen LogP contribution in [0.25, 0.3) is 0 Å². The Bertz CT molecular complexity index is 1380. The van der Waals surface area contributed by atoms with E-state index in [1.807, 2.05) is 37.3 Å². The van der Waals surface area contributed by atoms with Crippen LogP contribution >= 0.6 is 0 Å². The number of ether oxygens (including phenoxy) is 4. The molecule has 0 saturated carbocycles. The van der Waals surface area contributed by atoms with Gasteiger partial charge in [0, 0.05) is 12.6 Å². The maximum absolute atomic E-state index is 13.6. The van der Waals surface area contributed by atoms with Crippen LogP contribution in [0.4, 0.5) is 0 Å². The van der Waals surface area contributed by atoms with E-state index in [4.69, 9.17) is 18.9 Å². The lowest BCUT2D eigenvalue weighted by Gasteiger charge is -2.22. The number of methoxy groups -OCH3 is 3. The Morgan fingerprint density at radius 1 is 0.897 bits per heavy atom. The van der Waals surface area contributed by atoms with Crippen LogP contribution < -0.4 is 24.4 Å². The van der Waals surface area contributed by atoms with E-state index < -0.39 is 22.5 Å². The topological polar surface area (TPSA) is 116 Å². The minimum Gasteiger partial charge on any atom is -0.493 e. The van der Waals surface area contributed by atoms with Crippen LogP contribution in [0.5, 0.6) is 23.0 Å². The quantitative estimate of drug-likeness (QED) is 0.239. The van der Waals surface area contributed by atoms with E-state index in [-0.39, 0.29) is 17.2 Å². The number of amides is 1. The van der Waals surface area contributed by atoms with Gasteiger partial charge in [-0.3, -0.25) is 4.79 Å². The number of benzene rings is 3. The summed E-state index contributed by atoms with van der Waals surface area (Å²) in [6.45, 7) is 2.01. The monoisotopic (exact) mass is 555 g/mol. The van der Waals surface area contributed by atoms with Gasteiger partial charge in [-0.2, -0.15) is 9.41 Å². The van der Waals surface area contributed by atoms with Crippen molar-refractivity contribution in [2.45, 2.75) is 18.2 Å². The van der Waals surface area contributed by atoms with Crippen molar-refractivity contribution < 1.29 is 32.2 Å². The molecule has 0 atom stereocenters. The first kappa shape index (κ1) is 29.5. The molecule has 1 amide bonds. The first-order chi connectivity index (χ1) is 18.8. The summed E-state index contributed by atoms with van der Waals surface area (Å²) < 4.78 is 49.6. The van der Waals surface area contributed by atoms with Gasteiger partial charge in [0.2, 0.25) is 10.0 Å². The Kier molecular flexibility index (Phi) is 10.7. The van der Waals surface area contributed by atoms with E-state index >= 15 is 0 Å². The Morgan fingerprint density at radius 3 is 2.23 bits per heavy atom. The van der Waals surface area contributed by atoms with Crippen LogP contribution in [0, 0.1) is 0 Å². The molecule has 0 fully saturated rings. The fraction of sp³-hybridized carbons (Fsp3) is 0.286. The van der Waals surface area contributed by atoms with E-state index in [2.05, 4.69) is 10.5 Å². The van der Waals surface area contributed by atoms with Crippen LogP contribution in [0.15, 0.2) is 76.7 Å². The zero-order valence-electron chi connectivity index (χ0n) is 22.4. The lowest BCUT2D eigenvalue weighted by Crippen LogP contribution is -2.40. The normalized spacial score (nSPS) is 11.4. The van der Waals surface area contributed by atoms with Gasteiger partial charge in [-0.25, -0.2) is 13.8 Å². The highest BCUT2D eigenvalue weighted by Crippen LogP contribution is 2.31. The smallest absolute Gasteiger partial charge is 0.255 e. The summed E-state index contributed by atoms with van der Waals surface area (Å²) in [6.07, 6.45) is 1.85. The Morgan fingerprint density at radius 2 is 1.56 bits per heavy atom. The van der Waals surface area contributed by atoms with Crippen molar-refractivity contribution >= 4 is 22.1 Å². The predicted molar refractivity (Wildman–Crippen MR) is 148 cm³/mol. The van der Waals surface area contributed by atoms with Crippen LogP contribution in [-0.4, -0.2) is 65.9 Å². The first-order valence-electron chi connectivity index (χ1n) is 12.2. The molecule has 0 aliphatic rings. The summed E-state index contributed by atoms with van der Waals surface area (Å²) in [6, 6.07) is 19.0. The highest BCUT2D eigenvalue weighted by atomic mass is 32.2. The van der Waals surface area contributed by atoms with E-state index in [9.17, 15) is 13.2 Å². The average Bonchev–Trinajstić information content (AvgIpc) is 2.96. The lowest BCUT2D eigenvalue weighted by atomic mass is 10.1. The van der Waals surface area contributed by atoms with Gasteiger partial charge < -0.3 is 18.9 Å². The van der Waals surface area contributed by atoms with Gasteiger partial charge in [0.05, 0.1) is 45.6 Å². The lowest BCUT2D eigenvalue weighted by molar-refractivity contribution is -0.121. The third-order valence-corrected chi connectivity index (χ3v) is 7.54. The van der Waals surface area contributed by atoms with Crippen molar-refractivity contribution in [3.63, 3.8) is 0 Å². The molecule has 1 N–H and O–H groups in total. The van der Waals surface area contributed by atoms with Crippen molar-refractivity contribution in [1.29, 1.82) is 0 Å². The Hall–Kier alpha value is -4.09. The number of nitrogens with one attached hydrogen (secondary N) is 1. The van der Waals surface area contributed by atoms with Crippen molar-refractivity contribution in [2.75, 3.05) is 41.0 Å². The number of rotatable bonds is 14. The third kappa shape index (κ3) is 7.95. The molecule has 3 aromatic rings. The summed E-state index contributed by atoms with van der Waals surface area (Å²) in [4.78, 5) is 12.8. The fourth-order valence-corrected chi connectivity index (χ4v) is 5.14. The van der Waals surface area contributed by atoms with Gasteiger partial charge in [0.1, 0.15) is 0 Å². The SMILES string of the molecule is CCOc1ccc(/C=N\NC(=O)CN(CCc2ccccc2)S(=O)(=O)c2ccc(OC)c(OC)c2)cc1OC. The standard InChI is InChI=1S/C28H33N3O7S/c1-5-38-25-13-11-22(17-26(25)36-3)19-29-30-28(32)20-31(16-15-21-9-7-6-8-10-21)39(33,34)23-12-14-24(35-2)27(18-23)37-4/h6-14,17-19H,5,15-16,20H2,1-4H3,(H,30,32)/b29-19-. The van der Waals surface area contributed by atoms with Crippen molar-refractivity contribution in [3.05, 3.63) is 77.9 Å². The number of nitrogens with zero attached hydrogens (tertiary/aromatic N) is 2. The summed E-state index contributed by atoms with van der Waals surface area (Å²) >= 11 is 0. The van der Waals surface area contributed by atoms with Crippen LogP contribution in [0.1, 0.15) is 18.1 Å². The summed E-state index contributed by atoms with van der Waals surface area (Å²) in [7, 11) is 0.354. The second kappa shape index (κ2) is 14.2. The molecule has 0 aromatic heterocycles. The molecule has 0 saturated heterocycles. The molecule has 3 aromatic carbocycles. The van der Waals surface area contributed by atoms with Gasteiger partial charge >= 0.3 is 0 Å². The van der Waals surface area contributed by atoms with Gasteiger partial charge in [0.15, 0.2) is 23.0 Å². The molecule has 0 spiro atoms. The Labute approximate surface area is 229 Å². The van der Waals surface area contributed by atoms with Gasteiger partial charge in [-0.1, -0.05) is 30.3 Å². The molecule has 3 rings (SSSR count). The number of hydrogen-bond acceptors (Lipinski definition) is 8. The summed E-state index contributed by atoms with van der Waals surface area (Å²) in [5.41, 5.74) is 4.01. The van der Waals surface area contributed by atoms with Crippen molar-refractivity contribution in [2.24, 2.45) is 5.10 Å². The predicted octanol–water partition coefficient (Wildman–Crippen LogP) is 3.49. The van der Waals surface area contributed by atoms with Gasteiger partial charge in [-0.05, 0) is 54.8 Å². The zero-order chi connectivity index (χ0) is 28.3. The van der Waals surface area contributed by atoms with Gasteiger partial charge in [0.25, 0.3) is 5.91 Å². The molecule has 0 aliphatic carbocycles. The molecule has 11 heteroatoms. The van der Waals surface area contributed by atoms with E-state index in [0.29, 0.717) is 35.8 Å².